The zero-order valence-corrected chi connectivity index (χ0v) is 16.1. The number of hydrogen-bond acceptors (Lipinski definition) is 5. The molecule has 0 spiro atoms. The number of ketones is 1. The Labute approximate surface area is 172 Å². The van der Waals surface area contributed by atoms with Crippen LogP contribution in [0.5, 0.6) is 11.5 Å². The highest BCUT2D eigenvalue weighted by molar-refractivity contribution is 6.14. The minimum atomic E-state index is -0.433. The summed E-state index contributed by atoms with van der Waals surface area (Å²) in [4.78, 5) is 24.1. The van der Waals surface area contributed by atoms with Crippen LogP contribution in [-0.4, -0.2) is 18.9 Å². The molecule has 6 heteroatoms. The highest BCUT2D eigenvalue weighted by atomic mass is 19.1. The van der Waals surface area contributed by atoms with Crippen molar-refractivity contribution in [1.82, 2.24) is 0 Å². The van der Waals surface area contributed by atoms with Crippen molar-refractivity contribution >= 4 is 17.8 Å². The standard InChI is InChI=1S/C24H17FO5/c1-28-24(27)16-8-6-15(7-9-16)12-22-23(26)19-11-10-18(13-21(19)30-22)29-14-17-4-2-3-5-20(17)25/h2-13H,14H2,1H3. The van der Waals surface area contributed by atoms with Crippen molar-refractivity contribution in [2.24, 2.45) is 0 Å². The molecule has 4 rings (SSSR count). The molecule has 0 bridgehead atoms. The monoisotopic (exact) mass is 404 g/mol. The van der Waals surface area contributed by atoms with Crippen molar-refractivity contribution in [3.05, 3.63) is 101 Å². The van der Waals surface area contributed by atoms with E-state index in [-0.39, 0.29) is 24.0 Å². The number of carbonyl (C=O) groups excluding carboxylic acids is 2. The van der Waals surface area contributed by atoms with Gasteiger partial charge in [0.25, 0.3) is 0 Å². The number of esters is 1. The SMILES string of the molecule is COC(=O)c1ccc(C=C2Oc3cc(OCc4ccccc4F)ccc3C2=O)cc1. The third-order valence-corrected chi connectivity index (χ3v) is 4.62. The molecule has 0 radical (unpaired) electrons. The number of halogens is 1. The zero-order valence-electron chi connectivity index (χ0n) is 16.1. The number of fused-ring (bicyclic) bond motifs is 1. The van der Waals surface area contributed by atoms with Gasteiger partial charge in [-0.2, -0.15) is 0 Å². The molecule has 0 saturated carbocycles. The summed E-state index contributed by atoms with van der Waals surface area (Å²) in [6, 6.07) is 17.9. The van der Waals surface area contributed by atoms with E-state index in [2.05, 4.69) is 4.74 Å². The number of carbonyl (C=O) groups is 2. The average Bonchev–Trinajstić information content (AvgIpc) is 3.07. The second kappa shape index (κ2) is 8.21. The largest absolute Gasteiger partial charge is 0.489 e. The molecular weight excluding hydrogens is 387 g/mol. The summed E-state index contributed by atoms with van der Waals surface area (Å²) in [5.41, 5.74) is 1.98. The van der Waals surface area contributed by atoms with E-state index < -0.39 is 5.97 Å². The number of ether oxygens (including phenoxy) is 3. The van der Waals surface area contributed by atoms with Crippen molar-refractivity contribution in [3.63, 3.8) is 0 Å². The quantitative estimate of drug-likeness (QED) is 0.451. The Bertz CT molecular complexity index is 1150. The van der Waals surface area contributed by atoms with Crippen LogP contribution in [0, 0.1) is 5.82 Å². The fraction of sp³-hybridized carbons (Fsp3) is 0.0833. The summed E-state index contributed by atoms with van der Waals surface area (Å²) in [6.45, 7) is 0.0641. The first-order valence-electron chi connectivity index (χ1n) is 9.18. The molecule has 1 aliphatic heterocycles. The summed E-state index contributed by atoms with van der Waals surface area (Å²) >= 11 is 0. The predicted molar refractivity (Wildman–Crippen MR) is 108 cm³/mol. The van der Waals surface area contributed by atoms with E-state index in [4.69, 9.17) is 9.47 Å². The van der Waals surface area contributed by atoms with Crippen LogP contribution in [0.4, 0.5) is 4.39 Å². The summed E-state index contributed by atoms with van der Waals surface area (Å²) in [5.74, 6) is -0.00652. The Balaban J connectivity index is 1.49. The van der Waals surface area contributed by atoms with Crippen LogP contribution in [0.25, 0.3) is 6.08 Å². The summed E-state index contributed by atoms with van der Waals surface area (Å²) in [6.07, 6.45) is 1.60. The maximum absolute atomic E-state index is 13.7. The van der Waals surface area contributed by atoms with Gasteiger partial charge >= 0.3 is 5.97 Å². The van der Waals surface area contributed by atoms with Crippen LogP contribution in [-0.2, 0) is 11.3 Å². The molecule has 150 valence electrons. The van der Waals surface area contributed by atoms with Crippen LogP contribution in [0.15, 0.2) is 72.5 Å². The topological polar surface area (TPSA) is 61.8 Å². The smallest absolute Gasteiger partial charge is 0.337 e. The summed E-state index contributed by atoms with van der Waals surface area (Å²) < 4.78 is 29.7. The van der Waals surface area contributed by atoms with Gasteiger partial charge in [0.2, 0.25) is 5.78 Å². The van der Waals surface area contributed by atoms with E-state index in [1.807, 2.05) is 0 Å². The Morgan fingerprint density at radius 3 is 2.57 bits per heavy atom. The van der Waals surface area contributed by atoms with E-state index in [0.29, 0.717) is 33.8 Å². The molecule has 0 fully saturated rings. The normalized spacial score (nSPS) is 13.7. The first-order chi connectivity index (χ1) is 14.5. The lowest BCUT2D eigenvalue weighted by atomic mass is 10.1. The Morgan fingerprint density at radius 2 is 1.83 bits per heavy atom. The van der Waals surface area contributed by atoms with Gasteiger partial charge in [0.05, 0.1) is 18.2 Å². The molecule has 3 aromatic carbocycles. The van der Waals surface area contributed by atoms with Crippen molar-refractivity contribution in [3.8, 4) is 11.5 Å². The van der Waals surface area contributed by atoms with E-state index >= 15 is 0 Å². The molecule has 0 unspecified atom stereocenters. The molecule has 30 heavy (non-hydrogen) atoms. The van der Waals surface area contributed by atoms with Crippen molar-refractivity contribution in [2.45, 2.75) is 6.61 Å². The minimum absolute atomic E-state index is 0.0641. The number of allylic oxidation sites excluding steroid dienone is 1. The molecule has 0 atom stereocenters. The lowest BCUT2D eigenvalue weighted by molar-refractivity contribution is 0.0600. The van der Waals surface area contributed by atoms with Gasteiger partial charge in [-0.25, -0.2) is 9.18 Å². The van der Waals surface area contributed by atoms with Crippen molar-refractivity contribution in [2.75, 3.05) is 7.11 Å². The third-order valence-electron chi connectivity index (χ3n) is 4.62. The van der Waals surface area contributed by atoms with Crippen molar-refractivity contribution < 1.29 is 28.2 Å². The second-order valence-electron chi connectivity index (χ2n) is 6.59. The van der Waals surface area contributed by atoms with E-state index in [9.17, 15) is 14.0 Å². The zero-order chi connectivity index (χ0) is 21.1. The molecule has 0 aliphatic carbocycles. The molecule has 0 amide bonds. The Morgan fingerprint density at radius 1 is 1.07 bits per heavy atom. The number of Topliss-reactive ketones (excluding diaryl/α,β-unsaturated/α-hetero) is 1. The first kappa shape index (κ1) is 19.4. The van der Waals surface area contributed by atoms with Gasteiger partial charge in [-0.1, -0.05) is 30.3 Å². The molecule has 1 aliphatic rings. The Kier molecular flexibility index (Phi) is 5.30. The maximum atomic E-state index is 13.7. The van der Waals surface area contributed by atoms with Gasteiger partial charge in [-0.05, 0) is 42.0 Å². The second-order valence-corrected chi connectivity index (χ2v) is 6.59. The Hall–Kier alpha value is -3.93. The molecule has 0 N–H and O–H groups in total. The highest BCUT2D eigenvalue weighted by Crippen LogP contribution is 2.35. The van der Waals surface area contributed by atoms with E-state index in [0.717, 1.165) is 0 Å². The predicted octanol–water partition coefficient (Wildman–Crippen LogP) is 4.81. The van der Waals surface area contributed by atoms with E-state index in [1.54, 1.807) is 66.7 Å². The number of benzene rings is 3. The van der Waals surface area contributed by atoms with Crippen LogP contribution in [0.1, 0.15) is 31.8 Å². The van der Waals surface area contributed by atoms with E-state index in [1.165, 1.54) is 13.2 Å². The fourth-order valence-electron chi connectivity index (χ4n) is 3.02. The lowest BCUT2D eigenvalue weighted by Gasteiger charge is -2.08. The molecule has 3 aromatic rings. The first-order valence-corrected chi connectivity index (χ1v) is 9.18. The van der Waals surface area contributed by atoms with Gasteiger partial charge in [-0.3, -0.25) is 4.79 Å². The maximum Gasteiger partial charge on any atom is 0.337 e. The van der Waals surface area contributed by atoms with Crippen LogP contribution >= 0.6 is 0 Å². The number of methoxy groups -OCH3 is 1. The van der Waals surface area contributed by atoms with Gasteiger partial charge in [0.15, 0.2) is 5.76 Å². The van der Waals surface area contributed by atoms with Gasteiger partial charge in [0.1, 0.15) is 23.9 Å². The summed E-state index contributed by atoms with van der Waals surface area (Å²) in [7, 11) is 1.31. The highest BCUT2D eigenvalue weighted by Gasteiger charge is 2.27. The average molecular weight is 404 g/mol. The fourth-order valence-corrected chi connectivity index (χ4v) is 3.02. The van der Waals surface area contributed by atoms with Gasteiger partial charge < -0.3 is 14.2 Å². The lowest BCUT2D eigenvalue weighted by Crippen LogP contribution is -2.01. The van der Waals surface area contributed by atoms with Crippen LogP contribution in [0.2, 0.25) is 0 Å². The van der Waals surface area contributed by atoms with Gasteiger partial charge in [-0.15, -0.1) is 0 Å². The van der Waals surface area contributed by atoms with Crippen molar-refractivity contribution in [1.29, 1.82) is 0 Å². The molecule has 0 aromatic heterocycles. The molecular formula is C24H17FO5. The number of rotatable bonds is 5. The molecule has 5 nitrogen and oxygen atoms in total. The van der Waals surface area contributed by atoms with Crippen LogP contribution in [0.3, 0.4) is 0 Å². The minimum Gasteiger partial charge on any atom is -0.489 e. The number of hydrogen-bond donors (Lipinski definition) is 0. The van der Waals surface area contributed by atoms with Gasteiger partial charge in [0, 0.05) is 11.6 Å². The molecule has 0 saturated heterocycles. The summed E-state index contributed by atoms with van der Waals surface area (Å²) in [5, 5.41) is 0. The molecule has 1 heterocycles. The van der Waals surface area contributed by atoms with Crippen LogP contribution < -0.4 is 9.47 Å². The third kappa shape index (κ3) is 3.93.